The summed E-state index contributed by atoms with van der Waals surface area (Å²) in [5, 5.41) is 8.80. The summed E-state index contributed by atoms with van der Waals surface area (Å²) >= 11 is 0. The number of nitrogens with zero attached hydrogens (tertiary/aromatic N) is 2. The van der Waals surface area contributed by atoms with Gasteiger partial charge in [0, 0.05) is 19.1 Å². The van der Waals surface area contributed by atoms with Crippen molar-refractivity contribution in [2.24, 2.45) is 0 Å². The molecule has 0 bridgehead atoms. The Kier molecular flexibility index (Phi) is 4.48. The monoisotopic (exact) mass is 319 g/mol. The molecule has 2 aliphatic rings. The lowest BCUT2D eigenvalue weighted by atomic mass is 10.1. The third-order valence-corrected chi connectivity index (χ3v) is 6.27. The highest BCUT2D eigenvalue weighted by Gasteiger charge is 2.37. The standard InChI is InChI=1S/C16H21N3O2S/c17-10-13-3-1-4-14(9-13)11-19-8-2-5-15(12-19)18-22(20,21)16-6-7-16/h1,3-4,9,15-16,18H,2,5-8,11-12H2. The zero-order valence-electron chi connectivity index (χ0n) is 12.5. The van der Waals surface area contributed by atoms with Gasteiger partial charge >= 0.3 is 0 Å². The first-order valence-corrected chi connectivity index (χ1v) is 9.34. The molecule has 118 valence electrons. The minimum atomic E-state index is -3.11. The highest BCUT2D eigenvalue weighted by molar-refractivity contribution is 7.90. The second-order valence-corrected chi connectivity index (χ2v) is 8.24. The zero-order valence-corrected chi connectivity index (χ0v) is 13.3. The van der Waals surface area contributed by atoms with E-state index in [0.29, 0.717) is 5.56 Å². The molecule has 1 unspecified atom stereocenters. The van der Waals surface area contributed by atoms with E-state index in [2.05, 4.69) is 15.7 Å². The van der Waals surface area contributed by atoms with Crippen LogP contribution in [-0.2, 0) is 16.6 Å². The third kappa shape index (κ3) is 3.86. The molecule has 1 aliphatic carbocycles. The van der Waals surface area contributed by atoms with E-state index in [0.717, 1.165) is 50.9 Å². The Morgan fingerprint density at radius 1 is 1.32 bits per heavy atom. The molecule has 22 heavy (non-hydrogen) atoms. The van der Waals surface area contributed by atoms with Crippen molar-refractivity contribution in [2.45, 2.75) is 43.5 Å². The second kappa shape index (κ2) is 6.37. The van der Waals surface area contributed by atoms with Crippen molar-refractivity contribution in [1.82, 2.24) is 9.62 Å². The van der Waals surface area contributed by atoms with E-state index in [1.54, 1.807) is 6.07 Å². The van der Waals surface area contributed by atoms with Gasteiger partial charge in [-0.25, -0.2) is 13.1 Å². The molecule has 1 saturated carbocycles. The number of nitrogens with one attached hydrogen (secondary N) is 1. The topological polar surface area (TPSA) is 73.2 Å². The van der Waals surface area contributed by atoms with Gasteiger partial charge in [0.1, 0.15) is 0 Å². The molecule has 1 aromatic carbocycles. The van der Waals surface area contributed by atoms with E-state index >= 15 is 0 Å². The number of rotatable bonds is 5. The number of likely N-dealkylation sites (tertiary alicyclic amines) is 1. The lowest BCUT2D eigenvalue weighted by Gasteiger charge is -2.33. The van der Waals surface area contributed by atoms with Gasteiger partial charge < -0.3 is 0 Å². The molecular formula is C16H21N3O2S. The molecule has 2 fully saturated rings. The summed E-state index contributed by atoms with van der Waals surface area (Å²) in [7, 11) is -3.11. The van der Waals surface area contributed by atoms with Crippen LogP contribution in [0.4, 0.5) is 0 Å². The SMILES string of the molecule is N#Cc1cccc(CN2CCCC(NS(=O)(=O)C3CC3)C2)c1. The van der Waals surface area contributed by atoms with Gasteiger partial charge in [-0.2, -0.15) is 5.26 Å². The first-order valence-electron chi connectivity index (χ1n) is 7.79. The van der Waals surface area contributed by atoms with Gasteiger partial charge in [0.25, 0.3) is 0 Å². The average Bonchev–Trinajstić information content (AvgIpc) is 3.32. The average molecular weight is 319 g/mol. The molecule has 1 aromatic rings. The Hall–Kier alpha value is -1.42. The van der Waals surface area contributed by atoms with E-state index in [1.165, 1.54) is 0 Å². The summed E-state index contributed by atoms with van der Waals surface area (Å²) in [6.45, 7) is 2.47. The molecule has 1 atom stereocenters. The van der Waals surface area contributed by atoms with Crippen molar-refractivity contribution in [3.8, 4) is 6.07 Å². The Morgan fingerprint density at radius 3 is 2.86 bits per heavy atom. The molecule has 1 N–H and O–H groups in total. The molecular weight excluding hydrogens is 298 g/mol. The van der Waals surface area contributed by atoms with Crippen molar-refractivity contribution in [3.05, 3.63) is 35.4 Å². The summed E-state index contributed by atoms with van der Waals surface area (Å²) in [5.41, 5.74) is 1.77. The molecule has 6 heteroatoms. The molecule has 0 aromatic heterocycles. The van der Waals surface area contributed by atoms with Gasteiger partial charge in [-0.15, -0.1) is 0 Å². The van der Waals surface area contributed by atoms with Crippen molar-refractivity contribution >= 4 is 10.0 Å². The number of benzene rings is 1. The molecule has 1 aliphatic heterocycles. The minimum absolute atomic E-state index is 0.0125. The summed E-state index contributed by atoms with van der Waals surface area (Å²) in [5.74, 6) is 0. The quantitative estimate of drug-likeness (QED) is 0.895. The maximum absolute atomic E-state index is 12.0. The largest absolute Gasteiger partial charge is 0.298 e. The Bertz CT molecular complexity index is 677. The number of hydrogen-bond donors (Lipinski definition) is 1. The van der Waals surface area contributed by atoms with E-state index in [1.807, 2.05) is 18.2 Å². The van der Waals surface area contributed by atoms with Crippen LogP contribution in [0, 0.1) is 11.3 Å². The van der Waals surface area contributed by atoms with Crippen LogP contribution in [-0.4, -0.2) is 37.7 Å². The maximum atomic E-state index is 12.0. The van der Waals surface area contributed by atoms with Crippen LogP contribution in [0.3, 0.4) is 0 Å². The van der Waals surface area contributed by atoms with Crippen LogP contribution in [0.15, 0.2) is 24.3 Å². The van der Waals surface area contributed by atoms with Crippen LogP contribution in [0.25, 0.3) is 0 Å². The fraction of sp³-hybridized carbons (Fsp3) is 0.562. The van der Waals surface area contributed by atoms with Crippen molar-refractivity contribution in [2.75, 3.05) is 13.1 Å². The van der Waals surface area contributed by atoms with E-state index in [-0.39, 0.29) is 11.3 Å². The smallest absolute Gasteiger partial charge is 0.214 e. The van der Waals surface area contributed by atoms with Gasteiger partial charge in [-0.05, 0) is 49.9 Å². The summed E-state index contributed by atoms with van der Waals surface area (Å²) < 4.78 is 27.0. The van der Waals surface area contributed by atoms with Crippen LogP contribution in [0.5, 0.6) is 0 Å². The summed E-state index contributed by atoms with van der Waals surface area (Å²) in [6.07, 6.45) is 3.50. The fourth-order valence-electron chi connectivity index (χ4n) is 3.00. The first kappa shape index (κ1) is 15.5. The molecule has 5 nitrogen and oxygen atoms in total. The van der Waals surface area contributed by atoms with Crippen LogP contribution in [0.2, 0.25) is 0 Å². The van der Waals surface area contributed by atoms with E-state index in [9.17, 15) is 8.42 Å². The normalized spacial score (nSPS) is 23.1. The molecule has 3 rings (SSSR count). The van der Waals surface area contributed by atoms with Gasteiger partial charge in [0.15, 0.2) is 0 Å². The summed E-state index contributed by atoms with van der Waals surface area (Å²) in [4.78, 5) is 2.26. The highest BCUT2D eigenvalue weighted by Crippen LogP contribution is 2.28. The minimum Gasteiger partial charge on any atom is -0.298 e. The van der Waals surface area contributed by atoms with Gasteiger partial charge in [0.2, 0.25) is 10.0 Å². The molecule has 1 saturated heterocycles. The van der Waals surface area contributed by atoms with E-state index < -0.39 is 10.0 Å². The number of hydrogen-bond acceptors (Lipinski definition) is 4. The zero-order chi connectivity index (χ0) is 15.6. The van der Waals surface area contributed by atoms with Gasteiger partial charge in [0.05, 0.1) is 16.9 Å². The molecule has 1 heterocycles. The predicted molar refractivity (Wildman–Crippen MR) is 84.5 cm³/mol. The molecule has 0 radical (unpaired) electrons. The lowest BCUT2D eigenvalue weighted by Crippen LogP contribution is -2.48. The van der Waals surface area contributed by atoms with Gasteiger partial charge in [-0.3, -0.25) is 4.90 Å². The highest BCUT2D eigenvalue weighted by atomic mass is 32.2. The molecule has 0 spiro atoms. The van der Waals surface area contributed by atoms with Crippen molar-refractivity contribution < 1.29 is 8.42 Å². The molecule has 0 amide bonds. The maximum Gasteiger partial charge on any atom is 0.214 e. The first-order chi connectivity index (χ1) is 10.6. The number of piperidine rings is 1. The van der Waals surface area contributed by atoms with Crippen LogP contribution >= 0.6 is 0 Å². The number of sulfonamides is 1. The van der Waals surface area contributed by atoms with Crippen molar-refractivity contribution in [3.63, 3.8) is 0 Å². The number of nitriles is 1. The predicted octanol–water partition coefficient (Wildman–Crippen LogP) is 1.60. The Morgan fingerprint density at radius 2 is 2.14 bits per heavy atom. The second-order valence-electron chi connectivity index (χ2n) is 6.25. The Balaban J connectivity index is 1.59. The fourth-order valence-corrected chi connectivity index (χ4v) is 4.61. The summed E-state index contributed by atoms with van der Waals surface area (Å²) in [6, 6.07) is 9.77. The van der Waals surface area contributed by atoms with Gasteiger partial charge in [-0.1, -0.05) is 12.1 Å². The third-order valence-electron chi connectivity index (χ3n) is 4.26. The Labute approximate surface area is 132 Å². The van der Waals surface area contributed by atoms with Crippen LogP contribution in [0.1, 0.15) is 36.8 Å². The van der Waals surface area contributed by atoms with Crippen LogP contribution < -0.4 is 4.72 Å². The van der Waals surface area contributed by atoms with Crippen molar-refractivity contribution in [1.29, 1.82) is 5.26 Å². The van der Waals surface area contributed by atoms with E-state index in [4.69, 9.17) is 5.26 Å². The lowest BCUT2D eigenvalue weighted by molar-refractivity contribution is 0.194.